The van der Waals surface area contributed by atoms with Crippen molar-refractivity contribution in [3.05, 3.63) is 47.1 Å². The minimum absolute atomic E-state index is 0.138. The summed E-state index contributed by atoms with van der Waals surface area (Å²) in [6.07, 6.45) is 4.00. The lowest BCUT2D eigenvalue weighted by atomic mass is 9.89. The van der Waals surface area contributed by atoms with Crippen molar-refractivity contribution in [2.75, 3.05) is 17.6 Å². The molecule has 7 nitrogen and oxygen atoms in total. The number of hydrogen-bond donors (Lipinski definition) is 2. The van der Waals surface area contributed by atoms with Crippen LogP contribution in [-0.2, 0) is 16.0 Å². The molecule has 156 valence electrons. The van der Waals surface area contributed by atoms with Gasteiger partial charge in [-0.2, -0.15) is 0 Å². The second kappa shape index (κ2) is 8.39. The Morgan fingerprint density at radius 1 is 1.27 bits per heavy atom. The van der Waals surface area contributed by atoms with Crippen molar-refractivity contribution in [1.82, 2.24) is 14.9 Å². The van der Waals surface area contributed by atoms with Crippen molar-refractivity contribution in [2.45, 2.75) is 39.2 Å². The smallest absolute Gasteiger partial charge is 0.313 e. The van der Waals surface area contributed by atoms with Crippen molar-refractivity contribution in [1.29, 1.82) is 0 Å². The number of hydrogen-bond acceptors (Lipinski definition) is 6. The van der Waals surface area contributed by atoms with Gasteiger partial charge in [0.15, 0.2) is 0 Å². The molecular formula is C22H25N5O2S. The van der Waals surface area contributed by atoms with Crippen LogP contribution in [0.1, 0.15) is 43.9 Å². The quantitative estimate of drug-likeness (QED) is 0.625. The van der Waals surface area contributed by atoms with Crippen LogP contribution in [0.4, 0.5) is 11.5 Å². The zero-order valence-corrected chi connectivity index (χ0v) is 17.9. The SMILES string of the molecule is CCc1cc(NC(=O)C(=O)N2C[C@H](C)CC[C@H]2c2ccc3scnc3c2)cnc1N. The van der Waals surface area contributed by atoms with Gasteiger partial charge in [-0.25, -0.2) is 9.97 Å². The summed E-state index contributed by atoms with van der Waals surface area (Å²) in [5, 5.41) is 2.69. The molecule has 3 N–H and O–H groups in total. The third kappa shape index (κ3) is 4.00. The van der Waals surface area contributed by atoms with Crippen molar-refractivity contribution >= 4 is 44.9 Å². The van der Waals surface area contributed by atoms with Gasteiger partial charge in [0, 0.05) is 6.54 Å². The summed E-state index contributed by atoms with van der Waals surface area (Å²) in [5.41, 5.74) is 10.9. The lowest BCUT2D eigenvalue weighted by molar-refractivity contribution is -0.146. The van der Waals surface area contributed by atoms with Crippen LogP contribution < -0.4 is 11.1 Å². The van der Waals surface area contributed by atoms with Gasteiger partial charge in [-0.1, -0.05) is 19.9 Å². The second-order valence-electron chi connectivity index (χ2n) is 7.81. The topological polar surface area (TPSA) is 101 Å². The number of nitrogens with two attached hydrogens (primary N) is 1. The molecule has 3 heterocycles. The van der Waals surface area contributed by atoms with Crippen LogP contribution in [0.5, 0.6) is 0 Å². The first-order valence-electron chi connectivity index (χ1n) is 10.2. The second-order valence-corrected chi connectivity index (χ2v) is 8.70. The largest absolute Gasteiger partial charge is 0.383 e. The number of aryl methyl sites for hydroxylation is 1. The molecule has 30 heavy (non-hydrogen) atoms. The molecule has 0 unspecified atom stereocenters. The number of nitrogen functional groups attached to an aromatic ring is 1. The summed E-state index contributed by atoms with van der Waals surface area (Å²) in [5.74, 6) is -0.410. The number of carbonyl (C=O) groups excluding carboxylic acids is 2. The Hall–Kier alpha value is -3.00. The summed E-state index contributed by atoms with van der Waals surface area (Å²) in [6.45, 7) is 4.62. The number of nitrogens with zero attached hydrogens (tertiary/aromatic N) is 3. The highest BCUT2D eigenvalue weighted by Gasteiger charge is 2.34. The first kappa shape index (κ1) is 20.3. The van der Waals surface area contributed by atoms with Crippen molar-refractivity contribution in [3.8, 4) is 0 Å². The van der Waals surface area contributed by atoms with Gasteiger partial charge in [-0.3, -0.25) is 9.59 Å². The molecule has 1 aromatic carbocycles. The van der Waals surface area contributed by atoms with Crippen LogP contribution in [0.15, 0.2) is 36.0 Å². The molecular weight excluding hydrogens is 398 g/mol. The van der Waals surface area contributed by atoms with E-state index in [0.29, 0.717) is 30.4 Å². The Balaban J connectivity index is 1.56. The van der Waals surface area contributed by atoms with E-state index in [1.807, 2.05) is 30.6 Å². The van der Waals surface area contributed by atoms with Crippen molar-refractivity contribution in [3.63, 3.8) is 0 Å². The summed E-state index contributed by atoms with van der Waals surface area (Å²) >= 11 is 1.59. The number of anilines is 2. The fourth-order valence-corrected chi connectivity index (χ4v) is 4.65. The molecule has 4 rings (SSSR count). The number of thiazole rings is 1. The van der Waals surface area contributed by atoms with Gasteiger partial charge in [0.2, 0.25) is 0 Å². The first-order chi connectivity index (χ1) is 14.5. The number of benzene rings is 1. The molecule has 0 aliphatic carbocycles. The third-order valence-corrected chi connectivity index (χ3v) is 6.46. The molecule has 3 aromatic rings. The fourth-order valence-electron chi connectivity index (χ4n) is 3.99. The summed E-state index contributed by atoms with van der Waals surface area (Å²) in [4.78, 5) is 36.1. The zero-order valence-electron chi connectivity index (χ0n) is 17.1. The minimum Gasteiger partial charge on any atom is -0.383 e. The lowest BCUT2D eigenvalue weighted by Crippen LogP contribution is -2.46. The average molecular weight is 424 g/mol. The first-order valence-corrected chi connectivity index (χ1v) is 11.0. The molecule has 0 spiro atoms. The molecule has 2 amide bonds. The molecule has 2 aromatic heterocycles. The van der Waals surface area contributed by atoms with Crippen LogP contribution >= 0.6 is 11.3 Å². The molecule has 1 saturated heterocycles. The van der Waals surface area contributed by atoms with E-state index in [4.69, 9.17) is 5.73 Å². The molecule has 1 fully saturated rings. The highest BCUT2D eigenvalue weighted by Crippen LogP contribution is 2.35. The van der Waals surface area contributed by atoms with E-state index in [1.54, 1.807) is 22.3 Å². The number of fused-ring (bicyclic) bond motifs is 1. The van der Waals surface area contributed by atoms with Gasteiger partial charge < -0.3 is 16.0 Å². The normalized spacial score (nSPS) is 19.1. The highest BCUT2D eigenvalue weighted by atomic mass is 32.1. The predicted molar refractivity (Wildman–Crippen MR) is 119 cm³/mol. The van der Waals surface area contributed by atoms with E-state index >= 15 is 0 Å². The molecule has 0 saturated carbocycles. The Morgan fingerprint density at radius 3 is 2.90 bits per heavy atom. The summed E-state index contributed by atoms with van der Waals surface area (Å²) in [7, 11) is 0. The lowest BCUT2D eigenvalue weighted by Gasteiger charge is -2.38. The number of amides is 2. The van der Waals surface area contributed by atoms with E-state index in [0.717, 1.165) is 34.2 Å². The summed E-state index contributed by atoms with van der Waals surface area (Å²) in [6, 6.07) is 7.73. The van der Waals surface area contributed by atoms with E-state index < -0.39 is 11.8 Å². The maximum absolute atomic E-state index is 13.1. The van der Waals surface area contributed by atoms with Gasteiger partial charge in [-0.15, -0.1) is 11.3 Å². The molecule has 0 bridgehead atoms. The summed E-state index contributed by atoms with van der Waals surface area (Å²) < 4.78 is 1.11. The Morgan fingerprint density at radius 2 is 2.10 bits per heavy atom. The number of carbonyl (C=O) groups is 2. The van der Waals surface area contributed by atoms with E-state index in [9.17, 15) is 9.59 Å². The number of aromatic nitrogens is 2. The fraction of sp³-hybridized carbons (Fsp3) is 0.364. The van der Waals surface area contributed by atoms with Gasteiger partial charge >= 0.3 is 11.8 Å². The minimum atomic E-state index is -0.655. The number of likely N-dealkylation sites (tertiary alicyclic amines) is 1. The number of nitrogens with one attached hydrogen (secondary N) is 1. The van der Waals surface area contributed by atoms with E-state index in [2.05, 4.69) is 22.2 Å². The van der Waals surface area contributed by atoms with E-state index in [-0.39, 0.29) is 6.04 Å². The van der Waals surface area contributed by atoms with E-state index in [1.165, 1.54) is 6.20 Å². The Kier molecular flexibility index (Phi) is 5.67. The van der Waals surface area contributed by atoms with Gasteiger partial charge in [-0.05, 0) is 54.5 Å². The zero-order chi connectivity index (χ0) is 21.3. The van der Waals surface area contributed by atoms with Crippen molar-refractivity contribution in [2.24, 2.45) is 5.92 Å². The molecule has 8 heteroatoms. The molecule has 2 atom stereocenters. The maximum atomic E-state index is 13.1. The maximum Gasteiger partial charge on any atom is 0.313 e. The number of rotatable bonds is 3. The molecule has 0 radical (unpaired) electrons. The van der Waals surface area contributed by atoms with Gasteiger partial charge in [0.1, 0.15) is 5.82 Å². The van der Waals surface area contributed by atoms with Gasteiger partial charge in [0.25, 0.3) is 0 Å². The van der Waals surface area contributed by atoms with Crippen LogP contribution in [0.2, 0.25) is 0 Å². The molecule has 1 aliphatic heterocycles. The average Bonchev–Trinajstić information content (AvgIpc) is 3.22. The van der Waals surface area contributed by atoms with Crippen LogP contribution in [0.25, 0.3) is 10.2 Å². The standard InChI is InChI=1S/C22H25N5O2S/c1-3-14-8-16(10-24-20(14)23)26-21(28)22(29)27-11-13(2)4-6-18(27)15-5-7-19-17(9-15)25-12-30-19/h5,7-10,12-13,18H,3-4,6,11H2,1-2H3,(H2,23,24)(H,26,28)/t13-,18+/m1/s1. The Bertz CT molecular complexity index is 1100. The Labute approximate surface area is 179 Å². The van der Waals surface area contributed by atoms with Crippen LogP contribution in [-0.4, -0.2) is 33.2 Å². The third-order valence-electron chi connectivity index (χ3n) is 5.65. The molecule has 1 aliphatic rings. The predicted octanol–water partition coefficient (Wildman–Crippen LogP) is 3.77. The highest BCUT2D eigenvalue weighted by molar-refractivity contribution is 7.16. The van der Waals surface area contributed by atoms with Gasteiger partial charge in [0.05, 0.1) is 33.7 Å². The monoisotopic (exact) mass is 423 g/mol. The van der Waals surface area contributed by atoms with Crippen molar-refractivity contribution < 1.29 is 9.59 Å². The van der Waals surface area contributed by atoms with Crippen LogP contribution in [0.3, 0.4) is 0 Å². The number of piperidine rings is 1. The van der Waals surface area contributed by atoms with Crippen LogP contribution in [0, 0.1) is 5.92 Å². The number of pyridine rings is 1.